The van der Waals surface area contributed by atoms with Crippen molar-refractivity contribution in [2.75, 3.05) is 26.2 Å². The Bertz CT molecular complexity index is 2340. The molecule has 6 N–H and O–H groups in total. The van der Waals surface area contributed by atoms with E-state index >= 15 is 0 Å². The van der Waals surface area contributed by atoms with Crippen molar-refractivity contribution in [3.63, 3.8) is 0 Å². The lowest BCUT2D eigenvalue weighted by molar-refractivity contribution is -0.145. The van der Waals surface area contributed by atoms with Crippen molar-refractivity contribution in [3.8, 4) is 0 Å². The number of nitrogens with one attached hydrogen (secondary N) is 2. The number of fused-ring (bicyclic) bond motifs is 2. The molecule has 4 amide bonds. The van der Waals surface area contributed by atoms with E-state index in [2.05, 4.69) is 9.97 Å². The predicted molar refractivity (Wildman–Crippen MR) is 227 cm³/mol. The van der Waals surface area contributed by atoms with Crippen molar-refractivity contribution in [1.82, 2.24) is 29.6 Å². The van der Waals surface area contributed by atoms with Crippen LogP contribution in [0.15, 0.2) is 122 Å². The maximum absolute atomic E-state index is 13.1. The number of hydrogen-bond donors (Lipinski definition) is 4. The summed E-state index contributed by atoms with van der Waals surface area (Å²) in [5, 5.41) is 1.83. The Hall–Kier alpha value is -6.90. The van der Waals surface area contributed by atoms with Crippen molar-refractivity contribution >= 4 is 45.8 Å². The Balaban J connectivity index is 0.797. The van der Waals surface area contributed by atoms with E-state index in [1.165, 1.54) is 0 Å². The molecule has 2 fully saturated rings. The van der Waals surface area contributed by atoms with Gasteiger partial charge in [0.05, 0.1) is 0 Å². The Labute approximate surface area is 347 Å². The number of urea groups is 2. The topological polar surface area (TPSA) is 183 Å². The Morgan fingerprint density at radius 3 is 1.30 bits per heavy atom. The second-order valence-electron chi connectivity index (χ2n) is 15.3. The molecule has 4 aromatic carbocycles. The third-order valence-electron chi connectivity index (χ3n) is 10.9. The molecule has 2 aliphatic rings. The number of benzene rings is 4. The number of nitrogens with zero attached hydrogens (tertiary/aromatic N) is 4. The molecule has 0 aliphatic carbocycles. The summed E-state index contributed by atoms with van der Waals surface area (Å²) < 4.78 is 10.8. The van der Waals surface area contributed by atoms with E-state index in [1.54, 1.807) is 0 Å². The summed E-state index contributed by atoms with van der Waals surface area (Å²) in [7, 11) is 0. The van der Waals surface area contributed by atoms with Gasteiger partial charge in [-0.3, -0.25) is 11.5 Å². The van der Waals surface area contributed by atoms with E-state index in [0.717, 1.165) is 67.3 Å². The van der Waals surface area contributed by atoms with Crippen LogP contribution in [0, 0.1) is 0 Å². The minimum Gasteiger partial charge on any atom is -0.443 e. The van der Waals surface area contributed by atoms with Crippen LogP contribution < -0.4 is 11.5 Å². The second kappa shape index (κ2) is 17.9. The zero-order valence-electron chi connectivity index (χ0n) is 33.2. The number of hydrogen-bond acceptors (Lipinski definition) is 8. The number of H-pyrrole nitrogens is 2. The van der Waals surface area contributed by atoms with E-state index < -0.39 is 24.4 Å². The van der Waals surface area contributed by atoms with Crippen LogP contribution in [-0.4, -0.2) is 92.2 Å². The predicted octanol–water partition coefficient (Wildman–Crippen LogP) is 5.52. The fourth-order valence-electron chi connectivity index (χ4n) is 7.92. The van der Waals surface area contributed by atoms with Gasteiger partial charge in [-0.15, -0.1) is 0 Å². The van der Waals surface area contributed by atoms with Gasteiger partial charge in [-0.2, -0.15) is 0 Å². The molecule has 2 aliphatic heterocycles. The van der Waals surface area contributed by atoms with Gasteiger partial charge < -0.3 is 39.0 Å². The third kappa shape index (κ3) is 9.52. The van der Waals surface area contributed by atoms with Gasteiger partial charge in [-0.1, -0.05) is 72.8 Å². The lowest BCUT2D eigenvalue weighted by Gasteiger charge is -2.19. The summed E-state index contributed by atoms with van der Waals surface area (Å²) in [5.41, 5.74) is 20.0. The first-order valence-corrected chi connectivity index (χ1v) is 20.1. The fourth-order valence-corrected chi connectivity index (χ4v) is 7.92. The highest BCUT2D eigenvalue weighted by Crippen LogP contribution is 2.25. The van der Waals surface area contributed by atoms with Crippen LogP contribution in [0.4, 0.5) is 9.59 Å². The fraction of sp³-hybridized carbons (Fsp3) is 0.261. The van der Waals surface area contributed by atoms with Crippen LogP contribution in [0.1, 0.15) is 33.4 Å². The third-order valence-corrected chi connectivity index (χ3v) is 10.9. The first-order valence-electron chi connectivity index (χ1n) is 20.1. The number of aromatic nitrogens is 2. The number of ether oxygens (including phenoxy) is 2. The molecule has 0 bridgehead atoms. The zero-order valence-corrected chi connectivity index (χ0v) is 33.2. The van der Waals surface area contributed by atoms with Crippen LogP contribution in [0.3, 0.4) is 0 Å². The van der Waals surface area contributed by atoms with Crippen LogP contribution in [0.2, 0.25) is 0 Å². The van der Waals surface area contributed by atoms with E-state index in [9.17, 15) is 19.2 Å². The highest BCUT2D eigenvalue weighted by molar-refractivity contribution is 5.92. The number of rotatable bonds is 16. The molecule has 14 heteroatoms. The van der Waals surface area contributed by atoms with Gasteiger partial charge in [0.2, 0.25) is 0 Å². The molecule has 0 radical (unpaired) electrons. The molecule has 2 aromatic heterocycles. The molecule has 60 heavy (non-hydrogen) atoms. The van der Waals surface area contributed by atoms with Gasteiger partial charge in [-0.05, 0) is 57.6 Å². The maximum Gasteiger partial charge on any atom is 0.332 e. The quantitative estimate of drug-likeness (QED) is 0.0560. The first-order chi connectivity index (χ1) is 29.1. The number of aromatic amines is 2. The second-order valence-corrected chi connectivity index (χ2v) is 15.3. The van der Waals surface area contributed by atoms with Crippen molar-refractivity contribution < 1.29 is 28.7 Å². The highest BCUT2D eigenvalue weighted by Gasteiger charge is 2.30. The van der Waals surface area contributed by atoms with Gasteiger partial charge in [0.25, 0.3) is 0 Å². The lowest BCUT2D eigenvalue weighted by Crippen LogP contribution is -2.31. The monoisotopic (exact) mass is 808 g/mol. The van der Waals surface area contributed by atoms with Crippen LogP contribution >= 0.6 is 0 Å². The Kier molecular flexibility index (Phi) is 11.9. The molecule has 6 aromatic rings. The molecule has 4 heterocycles. The average Bonchev–Trinajstić information content (AvgIpc) is 4.01. The molecular formula is C46H48N8O6. The zero-order chi connectivity index (χ0) is 41.6. The summed E-state index contributed by atoms with van der Waals surface area (Å²) in [6.07, 6.45) is 4.05. The molecule has 2 unspecified atom stereocenters. The summed E-state index contributed by atoms with van der Waals surface area (Å²) in [5.74, 6) is -1.60. The largest absolute Gasteiger partial charge is 0.443 e. The van der Waals surface area contributed by atoms with Crippen LogP contribution in [0.5, 0.6) is 0 Å². The number of esters is 2. The van der Waals surface area contributed by atoms with E-state index in [4.69, 9.17) is 20.9 Å². The number of amides is 4. The van der Waals surface area contributed by atoms with Crippen molar-refractivity contribution in [2.45, 2.75) is 51.5 Å². The van der Waals surface area contributed by atoms with Crippen LogP contribution in [0.25, 0.3) is 21.8 Å². The normalized spacial score (nSPS) is 15.5. The summed E-state index contributed by atoms with van der Waals surface area (Å²) in [4.78, 5) is 65.4. The van der Waals surface area contributed by atoms with Gasteiger partial charge in [0.1, 0.15) is 0 Å². The minimum absolute atomic E-state index is 0.00443. The number of carbonyl (C=O) groups excluding carboxylic acids is 4. The SMILES string of the molecule is NC(Cc1c[nH]c2ccc(CN3CCN(Cc4ccccc4)C3=O)cc12)OC(=O)/C=C\C(=O)OC(N)Cc1c[nH]c2ccc(CN3CCN(Cc4ccccc4)C3=O)cc12. The van der Waals surface area contributed by atoms with E-state index in [1.807, 2.05) is 129 Å². The highest BCUT2D eigenvalue weighted by atomic mass is 16.6. The molecule has 8 rings (SSSR count). The van der Waals surface area contributed by atoms with Crippen LogP contribution in [-0.2, 0) is 58.1 Å². The van der Waals surface area contributed by atoms with Crippen molar-refractivity contribution in [3.05, 3.63) is 155 Å². The van der Waals surface area contributed by atoms with Gasteiger partial charge in [0, 0.05) is 112 Å². The Morgan fingerprint density at radius 2 is 0.917 bits per heavy atom. The molecule has 0 spiro atoms. The Morgan fingerprint density at radius 1 is 0.550 bits per heavy atom. The standard InChI is InChI=1S/C46H48N8O6/c47-41(23-35-25-49-39-13-11-33(21-37(35)39)29-53-19-17-51(45(53)57)27-31-7-3-1-4-8-31)59-43(55)15-16-44(56)60-42(48)24-36-26-50-40-14-12-34(22-38(36)40)30-54-20-18-52(46(54)58)28-32-9-5-2-6-10-32/h1-16,21-22,25-26,41-42,49-50H,17-20,23-24,27-30,47-48H2/b16-15-. The van der Waals surface area contributed by atoms with Crippen molar-refractivity contribution in [1.29, 1.82) is 0 Å². The van der Waals surface area contributed by atoms with Gasteiger partial charge in [0.15, 0.2) is 12.5 Å². The minimum atomic E-state index is -0.988. The van der Waals surface area contributed by atoms with Gasteiger partial charge in [-0.25, -0.2) is 19.2 Å². The summed E-state index contributed by atoms with van der Waals surface area (Å²) in [6, 6.07) is 31.8. The molecule has 2 saturated heterocycles. The van der Waals surface area contributed by atoms with Gasteiger partial charge >= 0.3 is 24.0 Å². The first kappa shape index (κ1) is 39.9. The summed E-state index contributed by atoms with van der Waals surface area (Å²) in [6.45, 7) is 4.70. The number of nitrogens with two attached hydrogens (primary N) is 2. The smallest absolute Gasteiger partial charge is 0.332 e. The molecule has 308 valence electrons. The van der Waals surface area contributed by atoms with E-state index in [0.29, 0.717) is 52.4 Å². The molecular weight excluding hydrogens is 761 g/mol. The van der Waals surface area contributed by atoms with Crippen molar-refractivity contribution in [2.24, 2.45) is 11.5 Å². The van der Waals surface area contributed by atoms with E-state index in [-0.39, 0.29) is 24.9 Å². The maximum atomic E-state index is 13.1. The molecule has 0 saturated carbocycles. The number of carbonyl (C=O) groups is 4. The summed E-state index contributed by atoms with van der Waals surface area (Å²) >= 11 is 0. The lowest BCUT2D eigenvalue weighted by atomic mass is 10.1. The molecule has 14 nitrogen and oxygen atoms in total. The molecule has 2 atom stereocenters. The average molecular weight is 809 g/mol.